The topological polar surface area (TPSA) is 43.4 Å². The minimum absolute atomic E-state index is 0.129. The number of hydrogen-bond acceptors (Lipinski definition) is 3. The third kappa shape index (κ3) is 1.24. The van der Waals surface area contributed by atoms with E-state index in [0.29, 0.717) is 19.3 Å². The van der Waals surface area contributed by atoms with E-state index in [9.17, 15) is 9.59 Å². The van der Waals surface area contributed by atoms with Gasteiger partial charge in [0.25, 0.3) is 0 Å². The molecule has 0 aromatic carbocycles. The molecular weight excluding hydrogens is 156 g/mol. The van der Waals surface area contributed by atoms with E-state index in [1.54, 1.807) is 0 Å². The zero-order chi connectivity index (χ0) is 8.60. The predicted molar refractivity (Wildman–Crippen MR) is 41.5 cm³/mol. The van der Waals surface area contributed by atoms with Crippen LogP contribution in [0.15, 0.2) is 0 Å². The molecule has 3 nitrogen and oxygen atoms in total. The van der Waals surface area contributed by atoms with Crippen molar-refractivity contribution in [1.29, 1.82) is 0 Å². The summed E-state index contributed by atoms with van der Waals surface area (Å²) in [5.74, 6) is 0.112. The monoisotopic (exact) mass is 168 g/mol. The molecule has 0 N–H and O–H groups in total. The average Bonchev–Trinajstić information content (AvgIpc) is 2.32. The normalized spacial score (nSPS) is 35.7. The van der Waals surface area contributed by atoms with E-state index in [1.807, 2.05) is 0 Å². The van der Waals surface area contributed by atoms with Gasteiger partial charge in [0.1, 0.15) is 11.4 Å². The van der Waals surface area contributed by atoms with Crippen LogP contribution in [0.1, 0.15) is 38.5 Å². The highest BCUT2D eigenvalue weighted by Crippen LogP contribution is 2.38. The fourth-order valence-corrected chi connectivity index (χ4v) is 2.10. The summed E-state index contributed by atoms with van der Waals surface area (Å²) in [5.41, 5.74) is -0.383. The molecule has 1 heterocycles. The van der Waals surface area contributed by atoms with Crippen molar-refractivity contribution < 1.29 is 14.3 Å². The second kappa shape index (κ2) is 2.57. The van der Waals surface area contributed by atoms with Gasteiger partial charge in [0.2, 0.25) is 0 Å². The number of esters is 1. The predicted octanol–water partition coefficient (Wildman–Crippen LogP) is 1.21. The number of hydrogen-bond donors (Lipinski definition) is 0. The maximum atomic E-state index is 11.0. The Balaban J connectivity index is 2.10. The first-order valence-corrected chi connectivity index (χ1v) is 4.44. The Hall–Kier alpha value is -0.860. The van der Waals surface area contributed by atoms with Gasteiger partial charge in [-0.15, -0.1) is 0 Å². The molecule has 0 radical (unpaired) electrons. The lowest BCUT2D eigenvalue weighted by Crippen LogP contribution is -2.36. The van der Waals surface area contributed by atoms with Gasteiger partial charge in [-0.05, 0) is 19.3 Å². The van der Waals surface area contributed by atoms with E-state index in [0.717, 1.165) is 19.3 Å². The third-order valence-corrected chi connectivity index (χ3v) is 2.72. The smallest absolute Gasteiger partial charge is 0.306 e. The Morgan fingerprint density at radius 1 is 1.17 bits per heavy atom. The van der Waals surface area contributed by atoms with Gasteiger partial charge in [-0.3, -0.25) is 9.59 Å². The van der Waals surface area contributed by atoms with Gasteiger partial charge in [0.15, 0.2) is 0 Å². The number of carbonyl (C=O) groups excluding carboxylic acids is 2. The summed E-state index contributed by atoms with van der Waals surface area (Å²) in [6.45, 7) is 0. The Bertz CT molecular complexity index is 234. The van der Waals surface area contributed by atoms with Crippen molar-refractivity contribution in [2.75, 3.05) is 0 Å². The molecule has 1 unspecified atom stereocenters. The lowest BCUT2D eigenvalue weighted by molar-refractivity contribution is -0.166. The van der Waals surface area contributed by atoms with Gasteiger partial charge in [-0.1, -0.05) is 0 Å². The molecule has 66 valence electrons. The van der Waals surface area contributed by atoms with Crippen molar-refractivity contribution in [3.8, 4) is 0 Å². The van der Waals surface area contributed by atoms with E-state index >= 15 is 0 Å². The van der Waals surface area contributed by atoms with Crippen molar-refractivity contribution in [1.82, 2.24) is 0 Å². The number of Topliss-reactive ketones (excluding diaryl/α,β-unsaturated/α-hetero) is 1. The van der Waals surface area contributed by atoms with Crippen LogP contribution in [0.4, 0.5) is 0 Å². The molecule has 0 aromatic rings. The van der Waals surface area contributed by atoms with Gasteiger partial charge < -0.3 is 4.74 Å². The molecular formula is C9H12O3. The van der Waals surface area contributed by atoms with Gasteiger partial charge in [-0.2, -0.15) is 0 Å². The molecule has 0 aromatic heterocycles. The van der Waals surface area contributed by atoms with Crippen LogP contribution in [0, 0.1) is 0 Å². The highest BCUT2D eigenvalue weighted by molar-refractivity contribution is 5.83. The van der Waals surface area contributed by atoms with Crippen molar-refractivity contribution in [3.63, 3.8) is 0 Å². The number of rotatable bonds is 0. The molecule has 1 saturated heterocycles. The van der Waals surface area contributed by atoms with Crippen LogP contribution in [0.25, 0.3) is 0 Å². The molecule has 1 atom stereocenters. The SMILES string of the molecule is O=C1CCC2(CCCC(=O)O2)C1. The summed E-state index contributed by atoms with van der Waals surface area (Å²) < 4.78 is 5.25. The highest BCUT2D eigenvalue weighted by atomic mass is 16.6. The fourth-order valence-electron chi connectivity index (χ4n) is 2.10. The summed E-state index contributed by atoms with van der Waals surface area (Å²) in [4.78, 5) is 22.0. The molecule has 0 bridgehead atoms. The second-order valence-electron chi connectivity index (χ2n) is 3.73. The Kier molecular flexibility index (Phi) is 1.67. The summed E-state index contributed by atoms with van der Waals surface area (Å²) in [6, 6.07) is 0. The quantitative estimate of drug-likeness (QED) is 0.510. The van der Waals surface area contributed by atoms with Crippen molar-refractivity contribution in [2.24, 2.45) is 0 Å². The van der Waals surface area contributed by atoms with Crippen LogP contribution in [-0.2, 0) is 14.3 Å². The number of carbonyl (C=O) groups is 2. The van der Waals surface area contributed by atoms with E-state index in [4.69, 9.17) is 4.74 Å². The molecule has 2 rings (SSSR count). The minimum atomic E-state index is -0.383. The summed E-state index contributed by atoms with van der Waals surface area (Å²) in [5, 5.41) is 0. The van der Waals surface area contributed by atoms with Crippen LogP contribution < -0.4 is 0 Å². The zero-order valence-corrected chi connectivity index (χ0v) is 6.97. The van der Waals surface area contributed by atoms with Crippen LogP contribution in [0.5, 0.6) is 0 Å². The number of ether oxygens (including phenoxy) is 1. The first-order valence-electron chi connectivity index (χ1n) is 4.44. The molecule has 1 saturated carbocycles. The highest BCUT2D eigenvalue weighted by Gasteiger charge is 2.43. The molecule has 2 aliphatic rings. The van der Waals surface area contributed by atoms with Crippen LogP contribution in [0.3, 0.4) is 0 Å². The summed E-state index contributed by atoms with van der Waals surface area (Å²) >= 11 is 0. The van der Waals surface area contributed by atoms with Crippen LogP contribution in [0.2, 0.25) is 0 Å². The van der Waals surface area contributed by atoms with Crippen LogP contribution >= 0.6 is 0 Å². The Morgan fingerprint density at radius 2 is 2.00 bits per heavy atom. The molecule has 1 spiro atoms. The largest absolute Gasteiger partial charge is 0.459 e. The van der Waals surface area contributed by atoms with Gasteiger partial charge in [-0.25, -0.2) is 0 Å². The number of ketones is 1. The second-order valence-corrected chi connectivity index (χ2v) is 3.73. The van der Waals surface area contributed by atoms with E-state index in [-0.39, 0.29) is 17.4 Å². The summed E-state index contributed by atoms with van der Waals surface area (Å²) in [6.07, 6.45) is 4.08. The van der Waals surface area contributed by atoms with Crippen molar-refractivity contribution in [3.05, 3.63) is 0 Å². The molecule has 12 heavy (non-hydrogen) atoms. The fraction of sp³-hybridized carbons (Fsp3) is 0.778. The molecule has 1 aliphatic heterocycles. The molecule has 3 heteroatoms. The first kappa shape index (κ1) is 7.77. The van der Waals surface area contributed by atoms with Crippen molar-refractivity contribution in [2.45, 2.75) is 44.1 Å². The molecule has 0 amide bonds. The van der Waals surface area contributed by atoms with E-state index in [1.165, 1.54) is 0 Å². The zero-order valence-electron chi connectivity index (χ0n) is 6.97. The van der Waals surface area contributed by atoms with Gasteiger partial charge >= 0.3 is 5.97 Å². The lowest BCUT2D eigenvalue weighted by atomic mass is 9.92. The minimum Gasteiger partial charge on any atom is -0.459 e. The Labute approximate surface area is 71.1 Å². The standard InChI is InChI=1S/C9H12O3/c10-7-3-5-9(6-7)4-1-2-8(11)12-9/h1-6H2. The van der Waals surface area contributed by atoms with Crippen molar-refractivity contribution >= 4 is 11.8 Å². The third-order valence-electron chi connectivity index (χ3n) is 2.72. The van der Waals surface area contributed by atoms with Gasteiger partial charge in [0, 0.05) is 19.3 Å². The molecule has 1 aliphatic carbocycles. The maximum Gasteiger partial charge on any atom is 0.306 e. The van der Waals surface area contributed by atoms with Gasteiger partial charge in [0.05, 0.1) is 0 Å². The van der Waals surface area contributed by atoms with Crippen LogP contribution in [-0.4, -0.2) is 17.4 Å². The Morgan fingerprint density at radius 3 is 2.58 bits per heavy atom. The first-order chi connectivity index (χ1) is 5.70. The van der Waals surface area contributed by atoms with E-state index in [2.05, 4.69) is 0 Å². The van der Waals surface area contributed by atoms with E-state index < -0.39 is 0 Å². The molecule has 2 fully saturated rings. The summed E-state index contributed by atoms with van der Waals surface area (Å²) in [7, 11) is 0. The maximum absolute atomic E-state index is 11.0. The average molecular weight is 168 g/mol. The lowest BCUT2D eigenvalue weighted by Gasteiger charge is -2.31.